The van der Waals surface area contributed by atoms with Crippen LogP contribution in [0.15, 0.2) is 17.2 Å². The van der Waals surface area contributed by atoms with Crippen molar-refractivity contribution in [3.05, 3.63) is 23.4 Å². The smallest absolute Gasteiger partial charge is 0.0966 e. The van der Waals surface area contributed by atoms with Gasteiger partial charge in [0.25, 0.3) is 0 Å². The first-order valence-electron chi connectivity index (χ1n) is 4.03. The summed E-state index contributed by atoms with van der Waals surface area (Å²) >= 11 is 1.61. The van der Waals surface area contributed by atoms with Gasteiger partial charge in [0.05, 0.1) is 16.8 Å². The predicted octanol–water partition coefficient (Wildman–Crippen LogP) is 1.78. The number of pyridine rings is 1. The highest BCUT2D eigenvalue weighted by atomic mass is 32.2. The number of thioether (sulfide) groups is 1. The molecule has 3 heteroatoms. The molecule has 0 aliphatic heterocycles. The van der Waals surface area contributed by atoms with Crippen LogP contribution >= 0.6 is 11.8 Å². The molecule has 1 N–H and O–H groups in total. The quantitative estimate of drug-likeness (QED) is 0.670. The number of aryl methyl sites for hydroxylation is 1. The molecule has 1 heterocycles. The molecule has 12 heavy (non-hydrogen) atoms. The van der Waals surface area contributed by atoms with Crippen molar-refractivity contribution in [1.82, 2.24) is 4.98 Å². The molecule has 0 radical (unpaired) electrons. The number of hydrogen-bond acceptors (Lipinski definition) is 3. The van der Waals surface area contributed by atoms with Gasteiger partial charge in [-0.1, -0.05) is 6.07 Å². The Kier molecular flexibility index (Phi) is 2.07. The summed E-state index contributed by atoms with van der Waals surface area (Å²) in [6.07, 6.45) is 3.47. The molecule has 2 nitrogen and oxygen atoms in total. The minimum absolute atomic E-state index is 0.327. The summed E-state index contributed by atoms with van der Waals surface area (Å²) in [5, 5.41) is 10.5. The molecule has 1 aliphatic rings. The Morgan fingerprint density at radius 2 is 2.42 bits per heavy atom. The third-order valence-electron chi connectivity index (χ3n) is 2.20. The first-order chi connectivity index (χ1) is 5.81. The summed E-state index contributed by atoms with van der Waals surface area (Å²) in [5.41, 5.74) is 2.10. The van der Waals surface area contributed by atoms with Crippen LogP contribution in [-0.4, -0.2) is 16.3 Å². The topological polar surface area (TPSA) is 33.1 Å². The number of aromatic nitrogens is 1. The van der Waals surface area contributed by atoms with Gasteiger partial charge in [0.1, 0.15) is 0 Å². The second-order valence-electron chi connectivity index (χ2n) is 2.95. The van der Waals surface area contributed by atoms with Crippen LogP contribution in [0.25, 0.3) is 0 Å². The molecule has 0 fully saturated rings. The lowest BCUT2D eigenvalue weighted by Crippen LogP contribution is -1.95. The van der Waals surface area contributed by atoms with E-state index in [2.05, 4.69) is 11.1 Å². The average Bonchev–Trinajstić information content (AvgIpc) is 2.47. The number of hydrogen-bond donors (Lipinski definition) is 1. The Labute approximate surface area is 76.0 Å². The normalized spacial score (nSPS) is 21.0. The van der Waals surface area contributed by atoms with Gasteiger partial charge in [-0.2, -0.15) is 0 Å². The first kappa shape index (κ1) is 8.08. The molecule has 0 saturated heterocycles. The van der Waals surface area contributed by atoms with E-state index in [1.54, 1.807) is 11.8 Å². The highest BCUT2D eigenvalue weighted by molar-refractivity contribution is 7.98. The van der Waals surface area contributed by atoms with Crippen LogP contribution in [0.2, 0.25) is 0 Å². The monoisotopic (exact) mass is 181 g/mol. The lowest BCUT2D eigenvalue weighted by molar-refractivity contribution is 0.175. The van der Waals surface area contributed by atoms with Crippen LogP contribution in [-0.2, 0) is 6.42 Å². The summed E-state index contributed by atoms with van der Waals surface area (Å²) in [6, 6.07) is 4.09. The largest absolute Gasteiger partial charge is 0.387 e. The third-order valence-corrected chi connectivity index (χ3v) is 2.84. The Bertz CT molecular complexity index is 301. The SMILES string of the molecule is CSc1ccc2c(n1)C(O)CC2. The lowest BCUT2D eigenvalue weighted by atomic mass is 10.2. The zero-order valence-electron chi connectivity index (χ0n) is 6.95. The molecule has 2 rings (SSSR count). The van der Waals surface area contributed by atoms with E-state index < -0.39 is 0 Å². The van der Waals surface area contributed by atoms with Crippen molar-refractivity contribution in [2.24, 2.45) is 0 Å². The fourth-order valence-corrected chi connectivity index (χ4v) is 1.92. The van der Waals surface area contributed by atoms with Crippen molar-refractivity contribution in [3.63, 3.8) is 0 Å². The van der Waals surface area contributed by atoms with E-state index in [0.717, 1.165) is 23.6 Å². The standard InChI is InChI=1S/C9H11NOS/c1-12-8-5-3-6-2-4-7(11)9(6)10-8/h3,5,7,11H,2,4H2,1H3. The van der Waals surface area contributed by atoms with Gasteiger partial charge in [-0.15, -0.1) is 11.8 Å². The lowest BCUT2D eigenvalue weighted by Gasteiger charge is -2.03. The van der Waals surface area contributed by atoms with E-state index in [1.165, 1.54) is 5.56 Å². The van der Waals surface area contributed by atoms with Crippen LogP contribution in [0, 0.1) is 0 Å². The van der Waals surface area contributed by atoms with Crippen LogP contribution in [0.4, 0.5) is 0 Å². The maximum atomic E-state index is 9.53. The molecule has 1 aliphatic carbocycles. The van der Waals surface area contributed by atoms with Crippen LogP contribution in [0.3, 0.4) is 0 Å². The van der Waals surface area contributed by atoms with Gasteiger partial charge in [0, 0.05) is 0 Å². The number of nitrogens with zero attached hydrogens (tertiary/aromatic N) is 1. The maximum absolute atomic E-state index is 9.53. The van der Waals surface area contributed by atoms with E-state index in [9.17, 15) is 5.11 Å². The van der Waals surface area contributed by atoms with Crippen LogP contribution in [0.5, 0.6) is 0 Å². The van der Waals surface area contributed by atoms with Gasteiger partial charge in [-0.3, -0.25) is 0 Å². The third kappa shape index (κ3) is 1.23. The van der Waals surface area contributed by atoms with Gasteiger partial charge < -0.3 is 5.11 Å². The zero-order chi connectivity index (χ0) is 8.55. The number of rotatable bonds is 1. The molecular weight excluding hydrogens is 170 g/mol. The molecule has 0 aromatic carbocycles. The number of aliphatic hydroxyl groups is 1. The predicted molar refractivity (Wildman–Crippen MR) is 49.3 cm³/mol. The van der Waals surface area contributed by atoms with Crippen molar-refractivity contribution in [2.75, 3.05) is 6.26 Å². The van der Waals surface area contributed by atoms with Crippen molar-refractivity contribution in [1.29, 1.82) is 0 Å². The van der Waals surface area contributed by atoms with Crippen molar-refractivity contribution >= 4 is 11.8 Å². The Morgan fingerprint density at radius 3 is 3.17 bits per heavy atom. The van der Waals surface area contributed by atoms with E-state index >= 15 is 0 Å². The summed E-state index contributed by atoms with van der Waals surface area (Å²) < 4.78 is 0. The van der Waals surface area contributed by atoms with Crippen LogP contribution in [0.1, 0.15) is 23.8 Å². The Balaban J connectivity index is 2.43. The van der Waals surface area contributed by atoms with Crippen molar-refractivity contribution < 1.29 is 5.11 Å². The highest BCUT2D eigenvalue weighted by Gasteiger charge is 2.21. The summed E-state index contributed by atoms with van der Waals surface area (Å²) in [7, 11) is 0. The summed E-state index contributed by atoms with van der Waals surface area (Å²) in [6.45, 7) is 0. The molecule has 1 aromatic rings. The number of aliphatic hydroxyl groups excluding tert-OH is 1. The van der Waals surface area contributed by atoms with E-state index in [1.807, 2.05) is 12.3 Å². The molecule has 1 atom stereocenters. The molecule has 0 bridgehead atoms. The molecule has 1 aromatic heterocycles. The molecule has 1 unspecified atom stereocenters. The molecule has 64 valence electrons. The van der Waals surface area contributed by atoms with Crippen molar-refractivity contribution in [2.45, 2.75) is 24.0 Å². The van der Waals surface area contributed by atoms with Crippen LogP contribution < -0.4 is 0 Å². The fourth-order valence-electron chi connectivity index (χ4n) is 1.53. The van der Waals surface area contributed by atoms with E-state index in [4.69, 9.17) is 0 Å². The van der Waals surface area contributed by atoms with Gasteiger partial charge in [0.2, 0.25) is 0 Å². The minimum atomic E-state index is -0.327. The fraction of sp³-hybridized carbons (Fsp3) is 0.444. The van der Waals surface area contributed by atoms with Gasteiger partial charge in [0.15, 0.2) is 0 Å². The summed E-state index contributed by atoms with van der Waals surface area (Å²) in [4.78, 5) is 4.37. The second-order valence-corrected chi connectivity index (χ2v) is 3.78. The van der Waals surface area contributed by atoms with Gasteiger partial charge in [-0.25, -0.2) is 4.98 Å². The average molecular weight is 181 g/mol. The first-order valence-corrected chi connectivity index (χ1v) is 5.25. The van der Waals surface area contributed by atoms with Gasteiger partial charge in [-0.05, 0) is 30.7 Å². The zero-order valence-corrected chi connectivity index (χ0v) is 7.77. The molecular formula is C9H11NOS. The summed E-state index contributed by atoms with van der Waals surface area (Å²) in [5.74, 6) is 0. The Hall–Kier alpha value is -0.540. The van der Waals surface area contributed by atoms with Crippen molar-refractivity contribution in [3.8, 4) is 0 Å². The number of fused-ring (bicyclic) bond motifs is 1. The second kappa shape index (κ2) is 3.07. The molecule has 0 saturated carbocycles. The van der Waals surface area contributed by atoms with E-state index in [0.29, 0.717) is 0 Å². The molecule has 0 amide bonds. The Morgan fingerprint density at radius 1 is 1.58 bits per heavy atom. The molecule has 0 spiro atoms. The minimum Gasteiger partial charge on any atom is -0.387 e. The van der Waals surface area contributed by atoms with E-state index in [-0.39, 0.29) is 6.10 Å². The van der Waals surface area contributed by atoms with Gasteiger partial charge >= 0.3 is 0 Å². The maximum Gasteiger partial charge on any atom is 0.0966 e. The highest BCUT2D eigenvalue weighted by Crippen LogP contribution is 2.30.